The Bertz CT molecular complexity index is 772. The van der Waals surface area contributed by atoms with E-state index in [0.717, 1.165) is 43.3 Å². The van der Waals surface area contributed by atoms with Crippen molar-refractivity contribution in [2.75, 3.05) is 5.75 Å². The second-order valence-corrected chi connectivity index (χ2v) is 6.91. The molecule has 1 aliphatic carbocycles. The molecule has 8 heteroatoms. The molecule has 2 aromatic rings. The van der Waals surface area contributed by atoms with Crippen molar-refractivity contribution in [2.24, 2.45) is 5.10 Å². The average molecular weight is 362 g/mol. The van der Waals surface area contributed by atoms with Crippen molar-refractivity contribution in [3.63, 3.8) is 0 Å². The Morgan fingerprint density at radius 3 is 2.88 bits per heavy atom. The lowest BCUT2D eigenvalue weighted by atomic mass is 9.89. The summed E-state index contributed by atoms with van der Waals surface area (Å²) in [4.78, 5) is 10.9. The lowest BCUT2D eigenvalue weighted by molar-refractivity contribution is -0.133. The zero-order chi connectivity index (χ0) is 17.6. The molecule has 0 aliphatic heterocycles. The summed E-state index contributed by atoms with van der Waals surface area (Å²) >= 11 is 1.08. The van der Waals surface area contributed by atoms with Gasteiger partial charge >= 0.3 is 5.97 Å². The largest absolute Gasteiger partial charge is 0.481 e. The van der Waals surface area contributed by atoms with Crippen LogP contribution in [0.3, 0.4) is 0 Å². The monoisotopic (exact) mass is 362 g/mol. The summed E-state index contributed by atoms with van der Waals surface area (Å²) < 4.78 is 14.9. The number of carboxylic acid groups (broad SMARTS) is 1. The number of aliphatic carboxylic acids is 1. The molecule has 25 heavy (non-hydrogen) atoms. The Labute approximate surface area is 149 Å². The number of nitrogens with zero attached hydrogens (tertiary/aromatic N) is 4. The third-order valence-corrected chi connectivity index (χ3v) is 5.01. The van der Waals surface area contributed by atoms with Crippen molar-refractivity contribution in [1.29, 1.82) is 0 Å². The van der Waals surface area contributed by atoms with Crippen LogP contribution in [0.5, 0.6) is 0 Å². The lowest BCUT2D eigenvalue weighted by Gasteiger charge is -2.20. The van der Waals surface area contributed by atoms with Gasteiger partial charge in [-0.1, -0.05) is 43.2 Å². The first-order chi connectivity index (χ1) is 12.1. The van der Waals surface area contributed by atoms with Crippen LogP contribution in [0.4, 0.5) is 4.39 Å². The van der Waals surface area contributed by atoms with E-state index in [1.807, 2.05) is 0 Å². The van der Waals surface area contributed by atoms with E-state index in [4.69, 9.17) is 5.11 Å². The molecule has 0 spiro atoms. The van der Waals surface area contributed by atoms with E-state index < -0.39 is 5.97 Å². The second-order valence-electron chi connectivity index (χ2n) is 5.97. The SMILES string of the molecule is O=C(O)CSc1nnc(C2CCCCC2)n1/N=C/c1cccc(F)c1. The van der Waals surface area contributed by atoms with Crippen molar-refractivity contribution in [2.45, 2.75) is 43.2 Å². The molecule has 1 aromatic carbocycles. The minimum absolute atomic E-state index is 0.113. The summed E-state index contributed by atoms with van der Waals surface area (Å²) in [5.74, 6) is -0.350. The normalized spacial score (nSPS) is 15.7. The Balaban J connectivity index is 1.89. The van der Waals surface area contributed by atoms with Gasteiger partial charge in [0, 0.05) is 5.92 Å². The summed E-state index contributed by atoms with van der Waals surface area (Å²) in [7, 11) is 0. The summed E-state index contributed by atoms with van der Waals surface area (Å²) in [5, 5.41) is 22.1. The van der Waals surface area contributed by atoms with Crippen LogP contribution < -0.4 is 0 Å². The van der Waals surface area contributed by atoms with E-state index in [-0.39, 0.29) is 17.5 Å². The molecule has 1 heterocycles. The number of carbonyl (C=O) groups is 1. The second kappa shape index (κ2) is 8.24. The summed E-state index contributed by atoms with van der Waals surface area (Å²) in [5.41, 5.74) is 0.623. The fourth-order valence-corrected chi connectivity index (χ4v) is 3.54. The molecule has 3 rings (SSSR count). The van der Waals surface area contributed by atoms with Crippen LogP contribution in [0.25, 0.3) is 0 Å². The van der Waals surface area contributed by atoms with Crippen LogP contribution in [0.2, 0.25) is 0 Å². The number of rotatable bonds is 6. The Hall–Kier alpha value is -2.22. The van der Waals surface area contributed by atoms with Gasteiger partial charge in [-0.2, -0.15) is 9.78 Å². The van der Waals surface area contributed by atoms with Gasteiger partial charge in [0.15, 0.2) is 5.82 Å². The molecular weight excluding hydrogens is 343 g/mol. The summed E-state index contributed by atoms with van der Waals surface area (Å²) in [6.07, 6.45) is 7.10. The van der Waals surface area contributed by atoms with Crippen LogP contribution in [-0.4, -0.2) is 37.9 Å². The van der Waals surface area contributed by atoms with Crippen LogP contribution >= 0.6 is 11.8 Å². The van der Waals surface area contributed by atoms with Gasteiger partial charge in [0.2, 0.25) is 5.16 Å². The molecule has 1 aromatic heterocycles. The highest BCUT2D eigenvalue weighted by Crippen LogP contribution is 2.33. The molecule has 1 N–H and O–H groups in total. The van der Waals surface area contributed by atoms with Gasteiger partial charge in [0.25, 0.3) is 0 Å². The predicted octanol–water partition coefficient (Wildman–Crippen LogP) is 3.52. The third-order valence-electron chi connectivity index (χ3n) is 4.10. The third kappa shape index (κ3) is 4.66. The number of carboxylic acids is 1. The number of aromatic nitrogens is 3. The maximum atomic E-state index is 13.3. The van der Waals surface area contributed by atoms with E-state index in [1.54, 1.807) is 23.0 Å². The lowest BCUT2D eigenvalue weighted by Crippen LogP contribution is -2.11. The standard InChI is InChI=1S/C17H19FN4O2S/c18-14-8-4-5-12(9-14)10-19-22-16(13-6-2-1-3-7-13)20-21-17(22)25-11-15(23)24/h4-5,8-10,13H,1-3,6-7,11H2,(H,23,24)/b19-10+. The van der Waals surface area contributed by atoms with Crippen LogP contribution in [0, 0.1) is 5.82 Å². The quantitative estimate of drug-likeness (QED) is 0.628. The fourth-order valence-electron chi connectivity index (χ4n) is 2.93. The molecule has 1 fully saturated rings. The van der Waals surface area contributed by atoms with E-state index >= 15 is 0 Å². The van der Waals surface area contributed by atoms with E-state index in [1.165, 1.54) is 18.6 Å². The molecule has 1 aliphatic rings. The maximum Gasteiger partial charge on any atom is 0.313 e. The highest BCUT2D eigenvalue weighted by molar-refractivity contribution is 7.99. The van der Waals surface area contributed by atoms with Gasteiger partial charge in [-0.25, -0.2) is 4.39 Å². The first-order valence-corrected chi connectivity index (χ1v) is 9.22. The van der Waals surface area contributed by atoms with Gasteiger partial charge in [-0.3, -0.25) is 4.79 Å². The number of benzene rings is 1. The molecule has 132 valence electrons. The highest BCUT2D eigenvalue weighted by atomic mass is 32.2. The van der Waals surface area contributed by atoms with Crippen LogP contribution in [0.15, 0.2) is 34.5 Å². The molecule has 1 saturated carbocycles. The van der Waals surface area contributed by atoms with Crippen molar-refractivity contribution >= 4 is 23.9 Å². The molecule has 0 atom stereocenters. The van der Waals surface area contributed by atoms with E-state index in [2.05, 4.69) is 15.3 Å². The maximum absolute atomic E-state index is 13.3. The summed E-state index contributed by atoms with van der Waals surface area (Å²) in [6, 6.07) is 6.13. The Kier molecular flexibility index (Phi) is 5.80. The van der Waals surface area contributed by atoms with Gasteiger partial charge in [0.1, 0.15) is 5.82 Å². The van der Waals surface area contributed by atoms with Gasteiger partial charge in [0.05, 0.1) is 12.0 Å². The smallest absolute Gasteiger partial charge is 0.313 e. The van der Waals surface area contributed by atoms with Crippen LogP contribution in [-0.2, 0) is 4.79 Å². The van der Waals surface area contributed by atoms with Crippen molar-refractivity contribution in [1.82, 2.24) is 14.9 Å². The number of halogens is 1. The first kappa shape index (κ1) is 17.6. The topological polar surface area (TPSA) is 80.4 Å². The number of hydrogen-bond acceptors (Lipinski definition) is 5. The number of hydrogen-bond donors (Lipinski definition) is 1. The van der Waals surface area contributed by atoms with E-state index in [0.29, 0.717) is 10.7 Å². The van der Waals surface area contributed by atoms with Crippen LogP contribution in [0.1, 0.15) is 49.4 Å². The molecule has 0 bridgehead atoms. The van der Waals surface area contributed by atoms with Gasteiger partial charge < -0.3 is 5.11 Å². The predicted molar refractivity (Wildman–Crippen MR) is 93.6 cm³/mol. The molecule has 0 unspecified atom stereocenters. The Morgan fingerprint density at radius 1 is 1.36 bits per heavy atom. The fraction of sp³-hybridized carbons (Fsp3) is 0.412. The average Bonchev–Trinajstić information content (AvgIpc) is 3.02. The molecular formula is C17H19FN4O2S. The summed E-state index contributed by atoms with van der Waals surface area (Å²) in [6.45, 7) is 0. The minimum Gasteiger partial charge on any atom is -0.481 e. The molecule has 0 amide bonds. The first-order valence-electron chi connectivity index (χ1n) is 8.23. The highest BCUT2D eigenvalue weighted by Gasteiger charge is 2.23. The van der Waals surface area contributed by atoms with Crippen molar-refractivity contribution < 1.29 is 14.3 Å². The minimum atomic E-state index is -0.923. The zero-order valence-electron chi connectivity index (χ0n) is 13.6. The van der Waals surface area contributed by atoms with Gasteiger partial charge in [-0.05, 0) is 30.5 Å². The van der Waals surface area contributed by atoms with Gasteiger partial charge in [-0.15, -0.1) is 10.2 Å². The van der Waals surface area contributed by atoms with Crippen molar-refractivity contribution in [3.05, 3.63) is 41.5 Å². The molecule has 0 saturated heterocycles. The molecule has 6 nitrogen and oxygen atoms in total. The Morgan fingerprint density at radius 2 is 2.16 bits per heavy atom. The molecule has 0 radical (unpaired) electrons. The number of thioether (sulfide) groups is 1. The zero-order valence-corrected chi connectivity index (χ0v) is 14.5. The van der Waals surface area contributed by atoms with E-state index in [9.17, 15) is 9.18 Å². The van der Waals surface area contributed by atoms with Crippen molar-refractivity contribution in [3.8, 4) is 0 Å².